The van der Waals surface area contributed by atoms with Crippen LogP contribution in [-0.2, 0) is 4.74 Å². The molecule has 0 aliphatic rings. The molecular weight excluding hydrogens is 184 g/mol. The van der Waals surface area contributed by atoms with Gasteiger partial charge in [0.25, 0.3) is 0 Å². The van der Waals surface area contributed by atoms with E-state index in [2.05, 4.69) is 13.8 Å². The molecule has 0 fully saturated rings. The van der Waals surface area contributed by atoms with E-state index in [9.17, 15) is 0 Å². The fourth-order valence-corrected chi connectivity index (χ4v) is 1.69. The van der Waals surface area contributed by atoms with Crippen LogP contribution in [0.4, 0.5) is 0 Å². The quantitative estimate of drug-likeness (QED) is 0.425. The predicted octanol–water partition coefficient (Wildman–Crippen LogP) is 4.76. The van der Waals surface area contributed by atoms with Crippen molar-refractivity contribution in [1.82, 2.24) is 0 Å². The van der Waals surface area contributed by atoms with Crippen LogP contribution in [0.3, 0.4) is 0 Å². The third kappa shape index (κ3) is 14.0. The molecule has 0 unspecified atom stereocenters. The van der Waals surface area contributed by atoms with E-state index >= 15 is 0 Å². The van der Waals surface area contributed by atoms with Crippen LogP contribution in [0, 0.1) is 6.92 Å². The van der Waals surface area contributed by atoms with E-state index in [1.165, 1.54) is 51.4 Å². The van der Waals surface area contributed by atoms with Crippen molar-refractivity contribution >= 4 is 0 Å². The van der Waals surface area contributed by atoms with Gasteiger partial charge in [-0.1, -0.05) is 65.2 Å². The average molecular weight is 213 g/mol. The van der Waals surface area contributed by atoms with E-state index < -0.39 is 0 Å². The van der Waals surface area contributed by atoms with Crippen molar-refractivity contribution in [2.45, 2.75) is 71.1 Å². The molecule has 0 aliphatic carbocycles. The van der Waals surface area contributed by atoms with Crippen molar-refractivity contribution in [3.63, 3.8) is 0 Å². The molecule has 0 saturated heterocycles. The number of hydrogen-bond acceptors (Lipinski definition) is 1. The number of hydrogen-bond donors (Lipinski definition) is 0. The molecular formula is C14H29O. The van der Waals surface area contributed by atoms with Crippen molar-refractivity contribution in [3.8, 4) is 0 Å². The van der Waals surface area contributed by atoms with Gasteiger partial charge < -0.3 is 4.74 Å². The zero-order valence-electron chi connectivity index (χ0n) is 10.6. The lowest BCUT2D eigenvalue weighted by atomic mass is 10.1. The summed E-state index contributed by atoms with van der Waals surface area (Å²) < 4.78 is 5.44. The lowest BCUT2D eigenvalue weighted by Crippen LogP contribution is -1.95. The SMILES string of the molecule is [CH2]CCCCCCCCCCOCCC. The molecule has 0 amide bonds. The Morgan fingerprint density at radius 1 is 0.733 bits per heavy atom. The summed E-state index contributed by atoms with van der Waals surface area (Å²) in [5.74, 6) is 0. The predicted molar refractivity (Wildman–Crippen MR) is 68.0 cm³/mol. The molecule has 0 aromatic heterocycles. The van der Waals surface area contributed by atoms with E-state index in [0.717, 1.165) is 26.1 Å². The second-order valence-electron chi connectivity index (χ2n) is 4.29. The highest BCUT2D eigenvalue weighted by Crippen LogP contribution is 2.09. The lowest BCUT2D eigenvalue weighted by Gasteiger charge is -2.03. The summed E-state index contributed by atoms with van der Waals surface area (Å²) in [6.07, 6.45) is 13.1. The Morgan fingerprint density at radius 2 is 1.27 bits per heavy atom. The van der Waals surface area contributed by atoms with Gasteiger partial charge in [0.1, 0.15) is 0 Å². The molecule has 91 valence electrons. The molecule has 1 nitrogen and oxygen atoms in total. The van der Waals surface area contributed by atoms with Crippen LogP contribution >= 0.6 is 0 Å². The van der Waals surface area contributed by atoms with Crippen LogP contribution in [0.25, 0.3) is 0 Å². The Kier molecular flexibility index (Phi) is 13.9. The standard InChI is InChI=1S/C14H29O/c1-3-5-6-7-8-9-10-11-12-14-15-13-4-2/h1,3-14H2,2H3. The molecule has 0 N–H and O–H groups in total. The summed E-state index contributed by atoms with van der Waals surface area (Å²) in [7, 11) is 0. The first-order chi connectivity index (χ1) is 7.41. The van der Waals surface area contributed by atoms with Gasteiger partial charge in [0.2, 0.25) is 0 Å². The maximum Gasteiger partial charge on any atom is 0.0466 e. The molecule has 0 saturated carbocycles. The second kappa shape index (κ2) is 14.0. The van der Waals surface area contributed by atoms with Gasteiger partial charge in [-0.15, -0.1) is 0 Å². The third-order valence-corrected chi connectivity index (χ3v) is 2.64. The second-order valence-corrected chi connectivity index (χ2v) is 4.29. The number of ether oxygens (including phenoxy) is 1. The van der Waals surface area contributed by atoms with Crippen molar-refractivity contribution < 1.29 is 4.74 Å². The van der Waals surface area contributed by atoms with Gasteiger partial charge in [0, 0.05) is 13.2 Å². The fraction of sp³-hybridized carbons (Fsp3) is 0.929. The minimum atomic E-state index is 0.936. The Hall–Kier alpha value is -0.0400. The zero-order valence-corrected chi connectivity index (χ0v) is 10.6. The molecule has 0 aromatic carbocycles. The van der Waals surface area contributed by atoms with Crippen LogP contribution < -0.4 is 0 Å². The van der Waals surface area contributed by atoms with E-state index in [-0.39, 0.29) is 0 Å². The van der Waals surface area contributed by atoms with Crippen molar-refractivity contribution in [1.29, 1.82) is 0 Å². The van der Waals surface area contributed by atoms with E-state index in [1.54, 1.807) is 0 Å². The molecule has 0 spiro atoms. The monoisotopic (exact) mass is 213 g/mol. The molecule has 0 atom stereocenters. The summed E-state index contributed by atoms with van der Waals surface area (Å²) in [6.45, 7) is 7.92. The van der Waals surface area contributed by atoms with Crippen molar-refractivity contribution in [2.75, 3.05) is 13.2 Å². The maximum atomic E-state index is 5.44. The molecule has 1 radical (unpaired) electrons. The van der Waals surface area contributed by atoms with Crippen molar-refractivity contribution in [2.24, 2.45) is 0 Å². The lowest BCUT2D eigenvalue weighted by molar-refractivity contribution is 0.130. The van der Waals surface area contributed by atoms with Crippen molar-refractivity contribution in [3.05, 3.63) is 6.92 Å². The summed E-state index contributed by atoms with van der Waals surface area (Å²) in [5.41, 5.74) is 0. The Morgan fingerprint density at radius 3 is 1.80 bits per heavy atom. The van der Waals surface area contributed by atoms with Crippen LogP contribution in [0.1, 0.15) is 71.1 Å². The minimum Gasteiger partial charge on any atom is -0.381 e. The highest BCUT2D eigenvalue weighted by atomic mass is 16.5. The summed E-state index contributed by atoms with van der Waals surface area (Å²) in [4.78, 5) is 0. The normalized spacial score (nSPS) is 10.8. The van der Waals surface area contributed by atoms with Crippen LogP contribution in [0.15, 0.2) is 0 Å². The summed E-state index contributed by atoms with van der Waals surface area (Å²) in [5, 5.41) is 0. The van der Waals surface area contributed by atoms with Gasteiger partial charge in [0.15, 0.2) is 0 Å². The average Bonchev–Trinajstić information content (AvgIpc) is 2.26. The van der Waals surface area contributed by atoms with E-state index in [1.807, 2.05) is 0 Å². The van der Waals surface area contributed by atoms with Gasteiger partial charge in [-0.2, -0.15) is 0 Å². The fourth-order valence-electron chi connectivity index (χ4n) is 1.69. The van der Waals surface area contributed by atoms with E-state index in [0.29, 0.717) is 0 Å². The Balaban J connectivity index is 2.81. The molecule has 1 heteroatoms. The molecule has 0 rings (SSSR count). The van der Waals surface area contributed by atoms with Crippen LogP contribution in [0.5, 0.6) is 0 Å². The summed E-state index contributed by atoms with van der Waals surface area (Å²) in [6, 6.07) is 0. The maximum absolute atomic E-state index is 5.44. The molecule has 0 heterocycles. The molecule has 15 heavy (non-hydrogen) atoms. The first-order valence-corrected chi connectivity index (χ1v) is 6.78. The highest BCUT2D eigenvalue weighted by Gasteiger charge is 1.92. The molecule has 0 aliphatic heterocycles. The van der Waals surface area contributed by atoms with E-state index in [4.69, 9.17) is 4.74 Å². The van der Waals surface area contributed by atoms with Gasteiger partial charge >= 0.3 is 0 Å². The minimum absolute atomic E-state index is 0.936. The smallest absolute Gasteiger partial charge is 0.0466 e. The molecule has 0 aromatic rings. The third-order valence-electron chi connectivity index (χ3n) is 2.64. The zero-order chi connectivity index (χ0) is 11.2. The van der Waals surface area contributed by atoms with Gasteiger partial charge in [-0.05, 0) is 12.8 Å². The Labute approximate surface area is 96.6 Å². The van der Waals surface area contributed by atoms with Gasteiger partial charge in [-0.3, -0.25) is 0 Å². The first kappa shape index (κ1) is 15.0. The topological polar surface area (TPSA) is 9.23 Å². The van der Waals surface area contributed by atoms with Crippen LogP contribution in [0.2, 0.25) is 0 Å². The largest absolute Gasteiger partial charge is 0.381 e. The molecule has 0 bridgehead atoms. The number of rotatable bonds is 12. The van der Waals surface area contributed by atoms with Gasteiger partial charge in [0.05, 0.1) is 0 Å². The number of unbranched alkanes of at least 4 members (excludes halogenated alkanes) is 8. The Bertz CT molecular complexity index is 89.5. The highest BCUT2D eigenvalue weighted by molar-refractivity contribution is 4.48. The summed E-state index contributed by atoms with van der Waals surface area (Å²) >= 11 is 0. The van der Waals surface area contributed by atoms with Gasteiger partial charge in [-0.25, -0.2) is 0 Å². The first-order valence-electron chi connectivity index (χ1n) is 6.78. The van der Waals surface area contributed by atoms with Crippen LogP contribution in [-0.4, -0.2) is 13.2 Å².